The van der Waals surface area contributed by atoms with Gasteiger partial charge in [0.05, 0.1) is 25.9 Å². The number of nitrogens with zero attached hydrogens (tertiary/aromatic N) is 1. The van der Waals surface area contributed by atoms with Crippen LogP contribution in [0.4, 0.5) is 0 Å². The summed E-state index contributed by atoms with van der Waals surface area (Å²) in [5.74, 6) is 1.11. The fourth-order valence-corrected chi connectivity index (χ4v) is 2.45. The second-order valence-electron chi connectivity index (χ2n) is 5.01. The molecule has 0 aliphatic rings. The number of aromatic nitrogens is 2. The van der Waals surface area contributed by atoms with Crippen LogP contribution < -0.4 is 14.8 Å². The second-order valence-corrected chi connectivity index (χ2v) is 5.01. The number of benzene rings is 2. The fraction of sp³-hybridized carbons (Fsp3) is 0.176. The molecule has 0 spiro atoms. The summed E-state index contributed by atoms with van der Waals surface area (Å²) in [5, 5.41) is 10.6. The Balaban J connectivity index is 1.76. The number of amides is 1. The summed E-state index contributed by atoms with van der Waals surface area (Å²) in [7, 11) is 3.16. The predicted molar refractivity (Wildman–Crippen MR) is 86.8 cm³/mol. The van der Waals surface area contributed by atoms with Gasteiger partial charge in [0.15, 0.2) is 11.5 Å². The highest BCUT2D eigenvalue weighted by atomic mass is 16.5. The first-order valence-electron chi connectivity index (χ1n) is 7.14. The van der Waals surface area contributed by atoms with Gasteiger partial charge >= 0.3 is 0 Å². The van der Waals surface area contributed by atoms with E-state index in [1.807, 2.05) is 24.3 Å². The Morgan fingerprint density at radius 1 is 1.22 bits per heavy atom. The van der Waals surface area contributed by atoms with Gasteiger partial charge in [0.1, 0.15) is 0 Å². The molecule has 6 nitrogen and oxygen atoms in total. The molecule has 118 valence electrons. The maximum Gasteiger partial charge on any atom is 0.251 e. The summed E-state index contributed by atoms with van der Waals surface area (Å²) >= 11 is 0. The molecule has 1 aromatic heterocycles. The van der Waals surface area contributed by atoms with Crippen molar-refractivity contribution in [3.8, 4) is 11.5 Å². The van der Waals surface area contributed by atoms with Gasteiger partial charge in [-0.1, -0.05) is 12.1 Å². The van der Waals surface area contributed by atoms with Crippen molar-refractivity contribution in [3.63, 3.8) is 0 Å². The number of H-pyrrole nitrogens is 1. The average molecular weight is 311 g/mol. The molecule has 0 fully saturated rings. The minimum atomic E-state index is -0.155. The van der Waals surface area contributed by atoms with Gasteiger partial charge in [-0.25, -0.2) is 0 Å². The van der Waals surface area contributed by atoms with Crippen molar-refractivity contribution in [2.45, 2.75) is 6.54 Å². The molecule has 0 saturated carbocycles. The minimum absolute atomic E-state index is 0.155. The van der Waals surface area contributed by atoms with Crippen LogP contribution in [-0.4, -0.2) is 30.3 Å². The average Bonchev–Trinajstić information content (AvgIpc) is 3.06. The smallest absolute Gasteiger partial charge is 0.251 e. The van der Waals surface area contributed by atoms with E-state index in [2.05, 4.69) is 15.5 Å². The van der Waals surface area contributed by atoms with Gasteiger partial charge in [-0.05, 0) is 24.3 Å². The van der Waals surface area contributed by atoms with E-state index >= 15 is 0 Å². The molecule has 0 bridgehead atoms. The van der Waals surface area contributed by atoms with E-state index in [9.17, 15) is 4.79 Å². The summed E-state index contributed by atoms with van der Waals surface area (Å²) in [5.41, 5.74) is 2.33. The molecule has 3 rings (SSSR count). The number of rotatable bonds is 5. The van der Waals surface area contributed by atoms with Gasteiger partial charge in [0, 0.05) is 23.1 Å². The highest BCUT2D eigenvalue weighted by molar-refractivity contribution is 5.97. The molecular weight excluding hydrogens is 294 g/mol. The zero-order valence-electron chi connectivity index (χ0n) is 12.9. The molecule has 1 heterocycles. The van der Waals surface area contributed by atoms with E-state index in [0.717, 1.165) is 16.5 Å². The minimum Gasteiger partial charge on any atom is -0.493 e. The number of para-hydroxylation sites is 1. The molecule has 0 atom stereocenters. The Labute approximate surface area is 133 Å². The lowest BCUT2D eigenvalue weighted by molar-refractivity contribution is 0.0950. The van der Waals surface area contributed by atoms with Crippen molar-refractivity contribution < 1.29 is 14.3 Å². The number of methoxy groups -OCH3 is 2. The molecule has 2 N–H and O–H groups in total. The Kier molecular flexibility index (Phi) is 4.14. The van der Waals surface area contributed by atoms with Gasteiger partial charge in [-0.3, -0.25) is 9.89 Å². The Bertz CT molecular complexity index is 842. The second kappa shape index (κ2) is 6.39. The molecule has 1 amide bonds. The molecule has 0 saturated heterocycles. The van der Waals surface area contributed by atoms with E-state index in [1.165, 1.54) is 0 Å². The molecular formula is C17H17N3O3. The fourth-order valence-electron chi connectivity index (χ4n) is 2.45. The summed E-state index contributed by atoms with van der Waals surface area (Å²) in [6.07, 6.45) is 1.69. The largest absolute Gasteiger partial charge is 0.493 e. The van der Waals surface area contributed by atoms with Gasteiger partial charge in [0.25, 0.3) is 5.91 Å². The van der Waals surface area contributed by atoms with E-state index in [4.69, 9.17) is 9.47 Å². The molecule has 0 radical (unpaired) electrons. The van der Waals surface area contributed by atoms with Crippen molar-refractivity contribution in [2.75, 3.05) is 14.2 Å². The number of carbonyl (C=O) groups is 1. The van der Waals surface area contributed by atoms with Crippen LogP contribution >= 0.6 is 0 Å². The van der Waals surface area contributed by atoms with E-state index in [0.29, 0.717) is 23.6 Å². The van der Waals surface area contributed by atoms with Gasteiger partial charge in [-0.15, -0.1) is 0 Å². The number of hydrogen-bond donors (Lipinski definition) is 2. The first-order chi connectivity index (χ1) is 11.2. The third kappa shape index (κ3) is 2.96. The van der Waals surface area contributed by atoms with Crippen LogP contribution in [0.2, 0.25) is 0 Å². The summed E-state index contributed by atoms with van der Waals surface area (Å²) in [6.45, 7) is 0.350. The molecule has 6 heteroatoms. The summed E-state index contributed by atoms with van der Waals surface area (Å²) < 4.78 is 10.6. The Hall–Kier alpha value is -3.02. The molecule has 0 aliphatic carbocycles. The van der Waals surface area contributed by atoms with Crippen molar-refractivity contribution in [1.29, 1.82) is 0 Å². The van der Waals surface area contributed by atoms with Gasteiger partial charge in [-0.2, -0.15) is 5.10 Å². The lowest BCUT2D eigenvalue weighted by atomic mass is 10.1. The number of hydrogen-bond acceptors (Lipinski definition) is 4. The first-order valence-corrected chi connectivity index (χ1v) is 7.14. The van der Waals surface area contributed by atoms with Crippen molar-refractivity contribution in [1.82, 2.24) is 15.5 Å². The van der Waals surface area contributed by atoms with E-state index in [-0.39, 0.29) is 5.91 Å². The van der Waals surface area contributed by atoms with Crippen LogP contribution in [-0.2, 0) is 6.54 Å². The quantitative estimate of drug-likeness (QED) is 0.759. The van der Waals surface area contributed by atoms with Crippen molar-refractivity contribution in [3.05, 3.63) is 53.7 Å². The highest BCUT2D eigenvalue weighted by Gasteiger charge is 2.12. The first kappa shape index (κ1) is 14.9. The number of carbonyl (C=O) groups excluding carboxylic acids is 1. The lowest BCUT2D eigenvalue weighted by Gasteiger charge is -2.13. The zero-order chi connectivity index (χ0) is 16.2. The van der Waals surface area contributed by atoms with Crippen LogP contribution in [0.25, 0.3) is 10.9 Å². The van der Waals surface area contributed by atoms with E-state index < -0.39 is 0 Å². The van der Waals surface area contributed by atoms with Crippen LogP contribution in [0.3, 0.4) is 0 Å². The lowest BCUT2D eigenvalue weighted by Crippen LogP contribution is -2.23. The molecule has 2 aromatic carbocycles. The number of nitrogens with one attached hydrogen (secondary N) is 2. The number of ether oxygens (including phenoxy) is 2. The monoisotopic (exact) mass is 311 g/mol. The maximum atomic E-state index is 12.3. The van der Waals surface area contributed by atoms with Crippen molar-refractivity contribution >= 4 is 16.8 Å². The van der Waals surface area contributed by atoms with Crippen LogP contribution in [0.15, 0.2) is 42.6 Å². The Morgan fingerprint density at radius 2 is 2.09 bits per heavy atom. The molecule has 0 unspecified atom stereocenters. The van der Waals surface area contributed by atoms with Gasteiger partial charge in [0.2, 0.25) is 0 Å². The summed E-state index contributed by atoms with van der Waals surface area (Å²) in [6, 6.07) is 11.0. The molecule has 3 aromatic rings. The van der Waals surface area contributed by atoms with Gasteiger partial charge < -0.3 is 14.8 Å². The topological polar surface area (TPSA) is 76.2 Å². The van der Waals surface area contributed by atoms with Crippen LogP contribution in [0.1, 0.15) is 15.9 Å². The number of aromatic amines is 1. The van der Waals surface area contributed by atoms with Crippen LogP contribution in [0.5, 0.6) is 11.5 Å². The normalized spacial score (nSPS) is 10.5. The predicted octanol–water partition coefficient (Wildman–Crippen LogP) is 2.51. The molecule has 23 heavy (non-hydrogen) atoms. The Morgan fingerprint density at radius 3 is 2.87 bits per heavy atom. The molecule has 0 aliphatic heterocycles. The summed E-state index contributed by atoms with van der Waals surface area (Å²) in [4.78, 5) is 12.3. The third-order valence-corrected chi connectivity index (χ3v) is 3.63. The van der Waals surface area contributed by atoms with Crippen molar-refractivity contribution in [2.24, 2.45) is 0 Å². The standard InChI is InChI=1S/C17H17N3O3/c1-22-15-5-3-4-12(16(15)23-2)9-18-17(21)11-6-7-14-13(8-11)10-19-20-14/h3-8,10H,9H2,1-2H3,(H,18,21)(H,19,20). The van der Waals surface area contributed by atoms with Crippen LogP contribution in [0, 0.1) is 0 Å². The number of fused-ring (bicyclic) bond motifs is 1. The zero-order valence-corrected chi connectivity index (χ0v) is 12.9. The third-order valence-electron chi connectivity index (χ3n) is 3.63. The SMILES string of the molecule is COc1cccc(CNC(=O)c2ccc3[nH]ncc3c2)c1OC. The maximum absolute atomic E-state index is 12.3. The highest BCUT2D eigenvalue weighted by Crippen LogP contribution is 2.30. The van der Waals surface area contributed by atoms with E-state index in [1.54, 1.807) is 32.5 Å².